The number of hydrogen-bond acceptors (Lipinski definition) is 7. The molecule has 1 aromatic heterocycles. The number of carboxylic acids is 1. The highest BCUT2D eigenvalue weighted by Gasteiger charge is 2.25. The van der Waals surface area contributed by atoms with Crippen molar-refractivity contribution in [2.45, 2.75) is 32.4 Å². The molecule has 3 aromatic rings. The molecule has 0 aliphatic heterocycles. The Morgan fingerprint density at radius 2 is 1.76 bits per heavy atom. The minimum Gasteiger partial charge on any atom is -0.505 e. The largest absolute Gasteiger partial charge is 0.505 e. The monoisotopic (exact) mass is 467 g/mol. The molecule has 0 saturated carbocycles. The molecule has 0 fully saturated rings. The first kappa shape index (κ1) is 24.3. The number of carboxylic acid groups (broad SMARTS) is 1. The molecule has 1 atom stereocenters. The van der Waals surface area contributed by atoms with Gasteiger partial charge < -0.3 is 30.3 Å². The van der Waals surface area contributed by atoms with Gasteiger partial charge in [-0.3, -0.25) is 4.79 Å². The second-order valence-electron chi connectivity index (χ2n) is 8.37. The molecule has 34 heavy (non-hydrogen) atoms. The Balaban J connectivity index is 1.70. The molecule has 178 valence electrons. The maximum Gasteiger partial charge on any atom is 0.408 e. The van der Waals surface area contributed by atoms with E-state index in [0.29, 0.717) is 22.3 Å². The van der Waals surface area contributed by atoms with Crippen LogP contribution < -0.4 is 15.4 Å². The summed E-state index contributed by atoms with van der Waals surface area (Å²) in [5, 5.41) is 25.4. The first-order valence-corrected chi connectivity index (χ1v) is 10.4. The lowest BCUT2D eigenvalue weighted by Crippen LogP contribution is -2.49. The number of fused-ring (bicyclic) bond motifs is 1. The van der Waals surface area contributed by atoms with Crippen molar-refractivity contribution in [2.75, 3.05) is 6.54 Å². The lowest BCUT2D eigenvalue weighted by Gasteiger charge is -2.22. The van der Waals surface area contributed by atoms with Gasteiger partial charge in [-0.15, -0.1) is 0 Å². The SMILES string of the molecule is CC(C)(C)OC(=O)NC(CNC(=O)c1ncc2cc(Oc3ccccc3)ccc2c1O)C(=O)O. The number of aromatic hydroxyl groups is 1. The summed E-state index contributed by atoms with van der Waals surface area (Å²) in [6.07, 6.45) is 0.462. The molecule has 2 aromatic carbocycles. The van der Waals surface area contributed by atoms with Crippen molar-refractivity contribution in [3.8, 4) is 17.2 Å². The third kappa shape index (κ3) is 6.35. The van der Waals surface area contributed by atoms with E-state index in [1.54, 1.807) is 51.1 Å². The van der Waals surface area contributed by atoms with Crippen molar-refractivity contribution in [1.29, 1.82) is 0 Å². The zero-order valence-electron chi connectivity index (χ0n) is 18.9. The molecule has 1 heterocycles. The molecule has 10 heteroatoms. The fourth-order valence-electron chi connectivity index (χ4n) is 2.97. The Morgan fingerprint density at radius 3 is 2.41 bits per heavy atom. The number of rotatable bonds is 7. The van der Waals surface area contributed by atoms with Gasteiger partial charge in [0.05, 0.1) is 0 Å². The standard InChI is InChI=1S/C24H25N3O7/c1-24(2,3)34-23(32)27-18(22(30)31)13-26-21(29)19-20(28)17-10-9-16(11-14(17)12-25-19)33-15-7-5-4-6-8-15/h4-12,18,28H,13H2,1-3H3,(H,26,29)(H,27,32)(H,30,31). The van der Waals surface area contributed by atoms with Gasteiger partial charge in [-0.05, 0) is 51.1 Å². The van der Waals surface area contributed by atoms with Crippen molar-refractivity contribution in [3.05, 3.63) is 60.4 Å². The topological polar surface area (TPSA) is 147 Å². The number of nitrogens with one attached hydrogen (secondary N) is 2. The number of aliphatic carboxylic acids is 1. The van der Waals surface area contributed by atoms with Gasteiger partial charge in [0.2, 0.25) is 0 Å². The minimum absolute atomic E-state index is 0.286. The molecule has 0 radical (unpaired) electrons. The summed E-state index contributed by atoms with van der Waals surface area (Å²) in [5.41, 5.74) is -1.10. The summed E-state index contributed by atoms with van der Waals surface area (Å²) in [5.74, 6) is -1.38. The van der Waals surface area contributed by atoms with Crippen LogP contribution >= 0.6 is 0 Å². The maximum absolute atomic E-state index is 12.6. The summed E-state index contributed by atoms with van der Waals surface area (Å²) in [7, 11) is 0. The summed E-state index contributed by atoms with van der Waals surface area (Å²) in [4.78, 5) is 39.9. The lowest BCUT2D eigenvalue weighted by atomic mass is 10.1. The molecule has 10 nitrogen and oxygen atoms in total. The number of hydrogen-bond donors (Lipinski definition) is 4. The molecule has 0 bridgehead atoms. The molecular weight excluding hydrogens is 442 g/mol. The zero-order valence-corrected chi connectivity index (χ0v) is 18.9. The Kier molecular flexibility index (Phi) is 7.20. The average Bonchev–Trinajstić information content (AvgIpc) is 2.76. The van der Waals surface area contributed by atoms with Crippen molar-refractivity contribution in [2.24, 2.45) is 0 Å². The molecule has 0 aliphatic rings. The zero-order chi connectivity index (χ0) is 24.9. The van der Waals surface area contributed by atoms with Crippen LogP contribution in [-0.4, -0.2) is 51.4 Å². The second kappa shape index (κ2) is 10.1. The molecule has 2 amide bonds. The molecule has 0 spiro atoms. The highest BCUT2D eigenvalue weighted by Crippen LogP contribution is 2.31. The van der Waals surface area contributed by atoms with Crippen LogP contribution in [0.3, 0.4) is 0 Å². The third-order valence-electron chi connectivity index (χ3n) is 4.48. The van der Waals surface area contributed by atoms with E-state index in [1.807, 2.05) is 18.2 Å². The normalized spacial score (nSPS) is 12.0. The quantitative estimate of drug-likeness (QED) is 0.413. The van der Waals surface area contributed by atoms with Gasteiger partial charge in [0, 0.05) is 23.5 Å². The molecule has 4 N–H and O–H groups in total. The van der Waals surface area contributed by atoms with Gasteiger partial charge >= 0.3 is 12.1 Å². The Morgan fingerprint density at radius 1 is 1.06 bits per heavy atom. The first-order valence-electron chi connectivity index (χ1n) is 10.4. The number of benzene rings is 2. The number of para-hydroxylation sites is 1. The number of ether oxygens (including phenoxy) is 2. The number of aromatic nitrogens is 1. The van der Waals surface area contributed by atoms with Crippen LogP contribution in [0, 0.1) is 0 Å². The van der Waals surface area contributed by atoms with Crippen LogP contribution in [0.15, 0.2) is 54.7 Å². The number of amides is 2. The Labute approximate surface area is 195 Å². The molecule has 1 unspecified atom stereocenters. The van der Waals surface area contributed by atoms with E-state index >= 15 is 0 Å². The van der Waals surface area contributed by atoms with E-state index in [0.717, 1.165) is 0 Å². The van der Waals surface area contributed by atoms with Crippen LogP contribution in [0.25, 0.3) is 10.8 Å². The van der Waals surface area contributed by atoms with Crippen LogP contribution in [0.5, 0.6) is 17.2 Å². The fraction of sp³-hybridized carbons (Fsp3) is 0.250. The molecular formula is C24H25N3O7. The van der Waals surface area contributed by atoms with Gasteiger partial charge in [-0.2, -0.15) is 0 Å². The van der Waals surface area contributed by atoms with E-state index in [1.165, 1.54) is 6.20 Å². The highest BCUT2D eigenvalue weighted by atomic mass is 16.6. The average molecular weight is 467 g/mol. The van der Waals surface area contributed by atoms with Gasteiger partial charge in [0.25, 0.3) is 5.91 Å². The number of pyridine rings is 1. The van der Waals surface area contributed by atoms with Gasteiger partial charge in [-0.1, -0.05) is 18.2 Å². The summed E-state index contributed by atoms with van der Waals surface area (Å²) in [6, 6.07) is 12.6. The van der Waals surface area contributed by atoms with E-state index in [9.17, 15) is 24.6 Å². The molecule has 0 aliphatic carbocycles. The fourth-order valence-corrected chi connectivity index (χ4v) is 2.97. The maximum atomic E-state index is 12.6. The number of carbonyl (C=O) groups is 3. The van der Waals surface area contributed by atoms with Crippen molar-refractivity contribution >= 4 is 28.7 Å². The van der Waals surface area contributed by atoms with Gasteiger partial charge in [0.1, 0.15) is 23.1 Å². The smallest absolute Gasteiger partial charge is 0.408 e. The number of alkyl carbamates (subject to hydrolysis) is 1. The van der Waals surface area contributed by atoms with Crippen LogP contribution in [0.4, 0.5) is 4.79 Å². The van der Waals surface area contributed by atoms with Crippen molar-refractivity contribution in [3.63, 3.8) is 0 Å². The third-order valence-corrected chi connectivity index (χ3v) is 4.48. The number of nitrogens with zero attached hydrogens (tertiary/aromatic N) is 1. The van der Waals surface area contributed by atoms with Crippen molar-refractivity contribution in [1.82, 2.24) is 15.6 Å². The van der Waals surface area contributed by atoms with E-state index < -0.39 is 36.2 Å². The van der Waals surface area contributed by atoms with E-state index in [4.69, 9.17) is 9.47 Å². The minimum atomic E-state index is -1.45. The number of carbonyl (C=O) groups excluding carboxylic acids is 2. The van der Waals surface area contributed by atoms with Gasteiger partial charge in [0.15, 0.2) is 11.4 Å². The highest BCUT2D eigenvalue weighted by molar-refractivity contribution is 6.01. The summed E-state index contributed by atoms with van der Waals surface area (Å²) in [6.45, 7) is 4.45. The summed E-state index contributed by atoms with van der Waals surface area (Å²) < 4.78 is 10.8. The second-order valence-corrected chi connectivity index (χ2v) is 8.37. The predicted molar refractivity (Wildman–Crippen MR) is 123 cm³/mol. The Hall–Kier alpha value is -4.34. The van der Waals surface area contributed by atoms with Crippen LogP contribution in [0.1, 0.15) is 31.3 Å². The first-order chi connectivity index (χ1) is 16.0. The van der Waals surface area contributed by atoms with Crippen LogP contribution in [-0.2, 0) is 9.53 Å². The van der Waals surface area contributed by atoms with Crippen molar-refractivity contribution < 1.29 is 34.1 Å². The van der Waals surface area contributed by atoms with E-state index in [2.05, 4.69) is 15.6 Å². The molecule has 3 rings (SSSR count). The van der Waals surface area contributed by atoms with Gasteiger partial charge in [-0.25, -0.2) is 14.6 Å². The predicted octanol–water partition coefficient (Wildman–Crippen LogP) is 3.44. The molecule has 0 saturated heterocycles. The van der Waals surface area contributed by atoms with Crippen LogP contribution in [0.2, 0.25) is 0 Å². The Bertz CT molecular complexity index is 1210. The lowest BCUT2D eigenvalue weighted by molar-refractivity contribution is -0.139. The summed E-state index contributed by atoms with van der Waals surface area (Å²) >= 11 is 0. The van der Waals surface area contributed by atoms with E-state index in [-0.39, 0.29) is 11.4 Å².